The minimum atomic E-state index is -2.97. The number of hydrogen-bond acceptors (Lipinski definition) is 3. The number of pyridine rings is 1. The minimum Gasteiger partial charge on any atom is -0.456 e. The minimum absolute atomic E-state index is 0.866. The van der Waals surface area contributed by atoms with Gasteiger partial charge >= 0.3 is 0 Å². The maximum Gasteiger partial charge on any atom is 0.179 e. The lowest BCUT2D eigenvalue weighted by atomic mass is 10.1. The molecule has 0 saturated heterocycles. The Labute approximate surface area is 318 Å². The summed E-state index contributed by atoms with van der Waals surface area (Å²) in [4.78, 5) is 10.0. The number of rotatable bonds is 6. The summed E-state index contributed by atoms with van der Waals surface area (Å²) in [6, 6.07) is 65.8. The molecule has 0 bridgehead atoms. The molecule has 5 nitrogen and oxygen atoms in total. The molecule has 55 heavy (non-hydrogen) atoms. The normalized spacial score (nSPS) is 12.1. The molecular formula is C49H34N4OSi. The fourth-order valence-electron chi connectivity index (χ4n) is 8.87. The van der Waals surface area contributed by atoms with E-state index in [9.17, 15) is 0 Å². The van der Waals surface area contributed by atoms with E-state index < -0.39 is 8.07 Å². The van der Waals surface area contributed by atoms with E-state index in [4.69, 9.17) is 14.4 Å². The number of furan rings is 1. The van der Waals surface area contributed by atoms with E-state index in [1.165, 1.54) is 31.5 Å². The van der Waals surface area contributed by atoms with Gasteiger partial charge in [0.1, 0.15) is 22.8 Å². The lowest BCUT2D eigenvalue weighted by Crippen LogP contribution is -2.74. The third kappa shape index (κ3) is 4.71. The Morgan fingerprint density at radius 2 is 1.16 bits per heavy atom. The standard InChI is InChI=1S/C49H34N4OSi/c1-52-43-23-10-9-22-42(43)51-49(52)33-15-14-20-36(29-33)55(34-16-4-2-5-17-34,35-18-6-3-7-19-35)37-26-27-38-40-31-41-39-21-8-11-24-46(39)54-47(41)32-45(40)53(44(38)30-37)48-25-12-13-28-50-48/h2-32H,1H3. The fraction of sp³-hybridized carbons (Fsp3) is 0.0204. The van der Waals surface area contributed by atoms with Gasteiger partial charge in [0.2, 0.25) is 0 Å². The van der Waals surface area contributed by atoms with Gasteiger partial charge in [-0.15, -0.1) is 0 Å². The SMILES string of the molecule is Cn1c(-c2cccc([Si](c3ccccc3)(c3ccccc3)c3ccc4c5cc6c(cc5n(-c5ccccn5)c4c3)oc3ccccc36)c2)nc2ccccc21. The maximum absolute atomic E-state index is 6.44. The van der Waals surface area contributed by atoms with E-state index in [0.717, 1.165) is 61.2 Å². The molecule has 0 spiro atoms. The zero-order valence-electron chi connectivity index (χ0n) is 30.1. The van der Waals surface area contributed by atoms with E-state index in [1.807, 2.05) is 24.4 Å². The summed E-state index contributed by atoms with van der Waals surface area (Å²) in [5, 5.41) is 9.78. The third-order valence-corrected chi connectivity index (χ3v) is 16.1. The molecule has 0 radical (unpaired) electrons. The third-order valence-electron chi connectivity index (χ3n) is 11.3. The summed E-state index contributed by atoms with van der Waals surface area (Å²) in [6.45, 7) is 0. The van der Waals surface area contributed by atoms with Gasteiger partial charge in [0, 0.05) is 46.4 Å². The maximum atomic E-state index is 6.44. The fourth-order valence-corrected chi connectivity index (χ4v) is 13.7. The van der Waals surface area contributed by atoms with Crippen molar-refractivity contribution in [3.05, 3.63) is 188 Å². The van der Waals surface area contributed by atoms with Crippen molar-refractivity contribution in [3.8, 4) is 17.2 Å². The number of aryl methyl sites for hydroxylation is 1. The summed E-state index contributed by atoms with van der Waals surface area (Å²) in [5.41, 5.74) is 7.14. The van der Waals surface area contributed by atoms with Crippen LogP contribution in [0.1, 0.15) is 0 Å². The quantitative estimate of drug-likeness (QED) is 0.127. The first-order chi connectivity index (χ1) is 27.2. The van der Waals surface area contributed by atoms with Gasteiger partial charge in [-0.05, 0) is 63.2 Å². The van der Waals surface area contributed by atoms with Gasteiger partial charge in [-0.25, -0.2) is 9.97 Å². The van der Waals surface area contributed by atoms with Crippen LogP contribution in [0, 0.1) is 0 Å². The first-order valence-corrected chi connectivity index (χ1v) is 20.6. The Morgan fingerprint density at radius 1 is 0.473 bits per heavy atom. The van der Waals surface area contributed by atoms with E-state index in [2.05, 4.69) is 180 Å². The van der Waals surface area contributed by atoms with Crippen molar-refractivity contribution >= 4 is 83.6 Å². The molecule has 0 aliphatic rings. The highest BCUT2D eigenvalue weighted by atomic mass is 28.3. The first kappa shape index (κ1) is 31.5. The molecule has 7 aromatic carbocycles. The summed E-state index contributed by atoms with van der Waals surface area (Å²) in [6.07, 6.45) is 1.87. The molecule has 11 aromatic rings. The van der Waals surface area contributed by atoms with Gasteiger partial charge in [-0.2, -0.15) is 0 Å². The monoisotopic (exact) mass is 722 g/mol. The van der Waals surface area contributed by atoms with Crippen LogP contribution in [0.5, 0.6) is 0 Å². The second kappa shape index (κ2) is 12.3. The molecule has 0 fully saturated rings. The van der Waals surface area contributed by atoms with Crippen LogP contribution in [0.2, 0.25) is 0 Å². The Hall–Kier alpha value is -7.02. The van der Waals surface area contributed by atoms with Crippen LogP contribution >= 0.6 is 0 Å². The van der Waals surface area contributed by atoms with E-state index >= 15 is 0 Å². The summed E-state index contributed by atoms with van der Waals surface area (Å²) < 4.78 is 11.0. The van der Waals surface area contributed by atoms with Crippen LogP contribution in [0.4, 0.5) is 0 Å². The first-order valence-electron chi connectivity index (χ1n) is 18.6. The molecule has 4 aromatic heterocycles. The van der Waals surface area contributed by atoms with E-state index in [-0.39, 0.29) is 0 Å². The molecule has 0 aliphatic carbocycles. The van der Waals surface area contributed by atoms with Crippen molar-refractivity contribution < 1.29 is 4.42 Å². The number of para-hydroxylation sites is 3. The number of benzene rings is 7. The average Bonchev–Trinajstić information content (AvgIpc) is 3.90. The lowest BCUT2D eigenvalue weighted by Gasteiger charge is -2.34. The highest BCUT2D eigenvalue weighted by Gasteiger charge is 2.42. The van der Waals surface area contributed by atoms with E-state index in [1.54, 1.807) is 0 Å². The van der Waals surface area contributed by atoms with Crippen molar-refractivity contribution in [2.24, 2.45) is 7.05 Å². The number of fused-ring (bicyclic) bond motifs is 7. The molecule has 6 heteroatoms. The summed E-state index contributed by atoms with van der Waals surface area (Å²) in [5.74, 6) is 1.82. The molecule has 0 unspecified atom stereocenters. The second-order valence-corrected chi connectivity index (χ2v) is 18.1. The highest BCUT2D eigenvalue weighted by Crippen LogP contribution is 2.38. The van der Waals surface area contributed by atoms with Gasteiger partial charge < -0.3 is 8.98 Å². The molecular weight excluding hydrogens is 689 g/mol. The Kier molecular flexibility index (Phi) is 7.02. The molecule has 0 saturated carbocycles. The lowest BCUT2D eigenvalue weighted by molar-refractivity contribution is 0.669. The van der Waals surface area contributed by atoms with Crippen molar-refractivity contribution in [3.63, 3.8) is 0 Å². The van der Waals surface area contributed by atoms with Gasteiger partial charge in [0.05, 0.1) is 22.1 Å². The number of nitrogens with zero attached hydrogens (tertiary/aromatic N) is 4. The van der Waals surface area contributed by atoms with Gasteiger partial charge in [-0.3, -0.25) is 4.57 Å². The molecule has 11 rings (SSSR count). The van der Waals surface area contributed by atoms with Crippen LogP contribution in [-0.4, -0.2) is 27.2 Å². The van der Waals surface area contributed by atoms with Crippen LogP contribution in [0.3, 0.4) is 0 Å². The molecule has 0 aliphatic heterocycles. The van der Waals surface area contributed by atoms with Crippen molar-refractivity contribution in [2.75, 3.05) is 0 Å². The molecule has 260 valence electrons. The van der Waals surface area contributed by atoms with Crippen LogP contribution in [-0.2, 0) is 7.05 Å². The summed E-state index contributed by atoms with van der Waals surface area (Å²) >= 11 is 0. The van der Waals surface area contributed by atoms with Crippen LogP contribution in [0.25, 0.3) is 72.0 Å². The summed E-state index contributed by atoms with van der Waals surface area (Å²) in [7, 11) is -0.860. The largest absolute Gasteiger partial charge is 0.456 e. The smallest absolute Gasteiger partial charge is 0.179 e. The average molecular weight is 723 g/mol. The van der Waals surface area contributed by atoms with Crippen LogP contribution in [0.15, 0.2) is 193 Å². The number of imidazole rings is 1. The van der Waals surface area contributed by atoms with Gasteiger partial charge in [-0.1, -0.05) is 133 Å². The topological polar surface area (TPSA) is 48.8 Å². The highest BCUT2D eigenvalue weighted by molar-refractivity contribution is 7.20. The zero-order valence-corrected chi connectivity index (χ0v) is 31.1. The molecule has 0 N–H and O–H groups in total. The van der Waals surface area contributed by atoms with Crippen molar-refractivity contribution in [1.82, 2.24) is 19.1 Å². The Balaban J connectivity index is 1.24. The van der Waals surface area contributed by atoms with Crippen molar-refractivity contribution in [2.45, 2.75) is 0 Å². The second-order valence-electron chi connectivity index (χ2n) is 14.3. The molecule has 0 atom stereocenters. The van der Waals surface area contributed by atoms with Gasteiger partial charge in [0.15, 0.2) is 8.07 Å². The Morgan fingerprint density at radius 3 is 1.95 bits per heavy atom. The molecule has 0 amide bonds. The van der Waals surface area contributed by atoms with Gasteiger partial charge in [0.25, 0.3) is 0 Å². The van der Waals surface area contributed by atoms with Crippen LogP contribution < -0.4 is 20.7 Å². The number of aromatic nitrogens is 4. The Bertz CT molecular complexity index is 3180. The molecule has 4 heterocycles. The number of hydrogen-bond donors (Lipinski definition) is 0. The predicted molar refractivity (Wildman–Crippen MR) is 229 cm³/mol. The van der Waals surface area contributed by atoms with E-state index in [0.29, 0.717) is 0 Å². The predicted octanol–water partition coefficient (Wildman–Crippen LogP) is 9.01. The zero-order chi connectivity index (χ0) is 36.5. The van der Waals surface area contributed by atoms with Crippen molar-refractivity contribution in [1.29, 1.82) is 0 Å².